The van der Waals surface area contributed by atoms with E-state index < -0.39 is 0 Å². The highest BCUT2D eigenvalue weighted by Gasteiger charge is 2.29. The van der Waals surface area contributed by atoms with Gasteiger partial charge in [0.15, 0.2) is 0 Å². The standard InChI is InChI=1S/C9H18FNO/c1-2-3-8-6-9(12)7-11(8)5-4-10/h8-9,12H,2-7H2,1H3/t8-,9+/m1/s1. The van der Waals surface area contributed by atoms with Crippen LogP contribution in [0.25, 0.3) is 0 Å². The van der Waals surface area contributed by atoms with E-state index in [2.05, 4.69) is 11.8 Å². The lowest BCUT2D eigenvalue weighted by Crippen LogP contribution is -2.31. The molecule has 1 aliphatic heterocycles. The van der Waals surface area contributed by atoms with Crippen molar-refractivity contribution in [3.8, 4) is 0 Å². The zero-order valence-corrected chi connectivity index (χ0v) is 7.67. The van der Waals surface area contributed by atoms with Gasteiger partial charge in [0.05, 0.1) is 6.10 Å². The lowest BCUT2D eigenvalue weighted by Gasteiger charge is -2.21. The van der Waals surface area contributed by atoms with Crippen molar-refractivity contribution in [2.45, 2.75) is 38.3 Å². The van der Waals surface area contributed by atoms with Crippen LogP contribution in [0.2, 0.25) is 0 Å². The summed E-state index contributed by atoms with van der Waals surface area (Å²) in [5, 5.41) is 9.36. The Morgan fingerprint density at radius 1 is 1.58 bits per heavy atom. The highest BCUT2D eigenvalue weighted by atomic mass is 19.1. The molecule has 2 nitrogen and oxygen atoms in total. The predicted octanol–water partition coefficient (Wildman–Crippen LogP) is 1.19. The Morgan fingerprint density at radius 2 is 2.33 bits per heavy atom. The molecule has 0 saturated carbocycles. The van der Waals surface area contributed by atoms with Gasteiger partial charge in [0.1, 0.15) is 6.67 Å². The first kappa shape index (κ1) is 9.93. The van der Waals surface area contributed by atoms with Gasteiger partial charge in [0, 0.05) is 19.1 Å². The van der Waals surface area contributed by atoms with Crippen molar-refractivity contribution in [2.75, 3.05) is 19.8 Å². The van der Waals surface area contributed by atoms with Crippen LogP contribution < -0.4 is 0 Å². The average molecular weight is 175 g/mol. The molecular formula is C9H18FNO. The Kier molecular flexibility index (Phi) is 3.95. The highest BCUT2D eigenvalue weighted by Crippen LogP contribution is 2.21. The molecule has 0 aliphatic carbocycles. The third-order valence-electron chi connectivity index (χ3n) is 2.50. The summed E-state index contributed by atoms with van der Waals surface area (Å²) in [5.41, 5.74) is 0. The van der Waals surface area contributed by atoms with E-state index in [1.165, 1.54) is 0 Å². The zero-order valence-electron chi connectivity index (χ0n) is 7.67. The molecule has 0 amide bonds. The van der Waals surface area contributed by atoms with Gasteiger partial charge < -0.3 is 5.11 Å². The summed E-state index contributed by atoms with van der Waals surface area (Å²) in [7, 11) is 0. The van der Waals surface area contributed by atoms with Crippen molar-refractivity contribution in [1.29, 1.82) is 0 Å². The summed E-state index contributed by atoms with van der Waals surface area (Å²) in [5.74, 6) is 0. The third-order valence-corrected chi connectivity index (χ3v) is 2.50. The van der Waals surface area contributed by atoms with Crippen LogP contribution in [-0.2, 0) is 0 Å². The number of nitrogens with zero attached hydrogens (tertiary/aromatic N) is 1. The van der Waals surface area contributed by atoms with E-state index in [9.17, 15) is 9.50 Å². The largest absolute Gasteiger partial charge is 0.392 e. The van der Waals surface area contributed by atoms with Gasteiger partial charge in [0.2, 0.25) is 0 Å². The molecule has 1 N–H and O–H groups in total. The Morgan fingerprint density at radius 3 is 2.92 bits per heavy atom. The second-order valence-electron chi connectivity index (χ2n) is 3.52. The normalized spacial score (nSPS) is 31.2. The summed E-state index contributed by atoms with van der Waals surface area (Å²) in [6, 6.07) is 0.417. The maximum absolute atomic E-state index is 12.1. The minimum Gasteiger partial charge on any atom is -0.392 e. The lowest BCUT2D eigenvalue weighted by atomic mass is 10.1. The Labute approximate surface area is 73.4 Å². The molecule has 1 saturated heterocycles. The number of aliphatic hydroxyl groups excluding tert-OH is 1. The Bertz CT molecular complexity index is 118. The van der Waals surface area contributed by atoms with E-state index >= 15 is 0 Å². The van der Waals surface area contributed by atoms with E-state index in [-0.39, 0.29) is 12.8 Å². The molecule has 0 spiro atoms. The number of likely N-dealkylation sites (tertiary alicyclic amines) is 1. The molecule has 0 unspecified atom stereocenters. The maximum Gasteiger partial charge on any atom is 0.102 e. The second-order valence-corrected chi connectivity index (χ2v) is 3.52. The van der Waals surface area contributed by atoms with Crippen LogP contribution >= 0.6 is 0 Å². The molecule has 1 aliphatic rings. The third kappa shape index (κ3) is 2.42. The summed E-state index contributed by atoms with van der Waals surface area (Å²) >= 11 is 0. The van der Waals surface area contributed by atoms with E-state index in [1.807, 2.05) is 0 Å². The average Bonchev–Trinajstić information content (AvgIpc) is 2.33. The van der Waals surface area contributed by atoms with Crippen LogP contribution in [0.4, 0.5) is 4.39 Å². The number of aliphatic hydroxyl groups is 1. The summed E-state index contributed by atoms with van der Waals surface area (Å²) < 4.78 is 12.1. The first-order valence-electron chi connectivity index (χ1n) is 4.76. The molecule has 1 heterocycles. The number of halogens is 1. The SMILES string of the molecule is CCC[C@@H]1C[C@H](O)CN1CCF. The topological polar surface area (TPSA) is 23.5 Å². The minimum absolute atomic E-state index is 0.229. The quantitative estimate of drug-likeness (QED) is 0.693. The van der Waals surface area contributed by atoms with Crippen molar-refractivity contribution in [3.05, 3.63) is 0 Å². The highest BCUT2D eigenvalue weighted by molar-refractivity contribution is 4.84. The summed E-state index contributed by atoms with van der Waals surface area (Å²) in [4.78, 5) is 2.06. The molecule has 2 atom stereocenters. The number of rotatable bonds is 4. The van der Waals surface area contributed by atoms with E-state index in [4.69, 9.17) is 0 Å². The molecule has 0 aromatic heterocycles. The molecule has 0 bridgehead atoms. The number of hydrogen-bond donors (Lipinski definition) is 1. The van der Waals surface area contributed by atoms with Crippen molar-refractivity contribution in [2.24, 2.45) is 0 Å². The maximum atomic E-state index is 12.1. The van der Waals surface area contributed by atoms with Crippen LogP contribution in [0.1, 0.15) is 26.2 Å². The monoisotopic (exact) mass is 175 g/mol. The van der Waals surface area contributed by atoms with Gasteiger partial charge in [-0.05, 0) is 12.8 Å². The zero-order chi connectivity index (χ0) is 8.97. The number of hydrogen-bond acceptors (Lipinski definition) is 2. The van der Waals surface area contributed by atoms with Gasteiger partial charge in [-0.25, -0.2) is 4.39 Å². The smallest absolute Gasteiger partial charge is 0.102 e. The summed E-state index contributed by atoms with van der Waals surface area (Å²) in [6.07, 6.45) is 2.79. The number of alkyl halides is 1. The van der Waals surface area contributed by atoms with E-state index in [0.29, 0.717) is 19.1 Å². The van der Waals surface area contributed by atoms with Crippen molar-refractivity contribution >= 4 is 0 Å². The molecule has 0 radical (unpaired) electrons. The molecule has 3 heteroatoms. The fourth-order valence-corrected chi connectivity index (χ4v) is 1.97. The van der Waals surface area contributed by atoms with Crippen LogP contribution in [0.5, 0.6) is 0 Å². The van der Waals surface area contributed by atoms with Crippen molar-refractivity contribution in [3.63, 3.8) is 0 Å². The van der Waals surface area contributed by atoms with Crippen LogP contribution in [-0.4, -0.2) is 41.9 Å². The predicted molar refractivity (Wildman–Crippen MR) is 46.9 cm³/mol. The number of β-amino-alcohol motifs (C(OH)–C–C–N with tert-alkyl or cyclic N) is 1. The molecule has 1 rings (SSSR count). The first-order valence-corrected chi connectivity index (χ1v) is 4.76. The van der Waals surface area contributed by atoms with Gasteiger partial charge in [-0.3, -0.25) is 4.90 Å². The molecule has 12 heavy (non-hydrogen) atoms. The van der Waals surface area contributed by atoms with Gasteiger partial charge in [-0.15, -0.1) is 0 Å². The molecular weight excluding hydrogens is 157 g/mol. The van der Waals surface area contributed by atoms with Crippen LogP contribution in [0.15, 0.2) is 0 Å². The van der Waals surface area contributed by atoms with Gasteiger partial charge in [0.25, 0.3) is 0 Å². The van der Waals surface area contributed by atoms with Crippen LogP contribution in [0, 0.1) is 0 Å². The minimum atomic E-state index is -0.299. The summed E-state index contributed by atoms with van der Waals surface area (Å²) in [6.45, 7) is 2.97. The van der Waals surface area contributed by atoms with E-state index in [1.54, 1.807) is 0 Å². The van der Waals surface area contributed by atoms with Crippen molar-refractivity contribution in [1.82, 2.24) is 4.90 Å². The molecule has 0 aromatic rings. The lowest BCUT2D eigenvalue weighted by molar-refractivity contribution is 0.170. The van der Waals surface area contributed by atoms with Gasteiger partial charge >= 0.3 is 0 Å². The second kappa shape index (κ2) is 4.77. The first-order chi connectivity index (χ1) is 5.77. The molecule has 72 valence electrons. The van der Waals surface area contributed by atoms with Gasteiger partial charge in [-0.1, -0.05) is 13.3 Å². The van der Waals surface area contributed by atoms with Gasteiger partial charge in [-0.2, -0.15) is 0 Å². The van der Waals surface area contributed by atoms with E-state index in [0.717, 1.165) is 19.3 Å². The van der Waals surface area contributed by atoms with Crippen molar-refractivity contribution < 1.29 is 9.50 Å². The Balaban J connectivity index is 2.36. The molecule has 0 aromatic carbocycles. The fourth-order valence-electron chi connectivity index (χ4n) is 1.97. The van der Waals surface area contributed by atoms with Crippen LogP contribution in [0.3, 0.4) is 0 Å². The Hall–Kier alpha value is -0.150. The fraction of sp³-hybridized carbons (Fsp3) is 1.00. The molecule has 1 fully saturated rings.